The highest BCUT2D eigenvalue weighted by atomic mass is 32.2. The Morgan fingerprint density at radius 1 is 1.07 bits per heavy atom. The lowest BCUT2D eigenvalue weighted by Crippen LogP contribution is -2.39. The van der Waals surface area contributed by atoms with Crippen molar-refractivity contribution in [3.8, 4) is 0 Å². The predicted molar refractivity (Wildman–Crippen MR) is 109 cm³/mol. The molecule has 6 heteroatoms. The van der Waals surface area contributed by atoms with Crippen LogP contribution in [0.25, 0.3) is 6.08 Å². The minimum atomic E-state index is -3.68. The van der Waals surface area contributed by atoms with Crippen LogP contribution in [0.3, 0.4) is 0 Å². The third-order valence-electron chi connectivity index (χ3n) is 4.07. The molecule has 0 aliphatic rings. The van der Waals surface area contributed by atoms with Crippen LogP contribution in [0.2, 0.25) is 0 Å². The molecule has 0 saturated carbocycles. The predicted octanol–water partition coefficient (Wildman–Crippen LogP) is 4.19. The number of rotatable bonds is 8. The van der Waals surface area contributed by atoms with Crippen molar-refractivity contribution < 1.29 is 13.6 Å². The maximum absolute atomic E-state index is 13.2. The Morgan fingerprint density at radius 3 is 2.30 bits per heavy atom. The van der Waals surface area contributed by atoms with E-state index in [0.29, 0.717) is 0 Å². The normalized spacial score (nSPS) is 13.0. The van der Waals surface area contributed by atoms with Crippen LogP contribution in [-0.2, 0) is 10.0 Å². The molecule has 2 rings (SSSR count). The second kappa shape index (κ2) is 8.97. The van der Waals surface area contributed by atoms with Crippen LogP contribution in [0.5, 0.6) is 0 Å². The molecule has 0 heterocycles. The fourth-order valence-electron chi connectivity index (χ4n) is 2.63. The first-order valence-electron chi connectivity index (χ1n) is 8.72. The summed E-state index contributed by atoms with van der Waals surface area (Å²) in [6, 6.07) is 16.5. The Bertz CT molecular complexity index is 887. The molecule has 2 aromatic carbocycles. The largest absolute Gasteiger partial charge is 0.411 e. The minimum Gasteiger partial charge on any atom is -0.411 e. The Hall–Kier alpha value is -2.44. The van der Waals surface area contributed by atoms with E-state index in [9.17, 15) is 8.42 Å². The van der Waals surface area contributed by atoms with Crippen LogP contribution in [0.4, 0.5) is 0 Å². The number of hydrogen-bond donors (Lipinski definition) is 1. The quantitative estimate of drug-likeness (QED) is 0.420. The molecular weight excluding hydrogens is 360 g/mol. The van der Waals surface area contributed by atoms with Gasteiger partial charge >= 0.3 is 0 Å². The third-order valence-corrected chi connectivity index (χ3v) is 5.89. The fraction of sp³-hybridized carbons (Fsp3) is 0.286. The smallest absolute Gasteiger partial charge is 0.243 e. The monoisotopic (exact) mass is 386 g/mol. The van der Waals surface area contributed by atoms with Gasteiger partial charge in [-0.15, -0.1) is 5.16 Å². The molecule has 2 aromatic rings. The van der Waals surface area contributed by atoms with E-state index in [-0.39, 0.29) is 18.0 Å². The van der Waals surface area contributed by atoms with Gasteiger partial charge in [0.2, 0.25) is 10.0 Å². The molecule has 0 saturated heterocycles. The maximum atomic E-state index is 13.2. The lowest BCUT2D eigenvalue weighted by molar-refractivity contribution is 0.302. The molecule has 0 bridgehead atoms. The van der Waals surface area contributed by atoms with Crippen LogP contribution in [0.1, 0.15) is 25.0 Å². The van der Waals surface area contributed by atoms with Crippen molar-refractivity contribution in [2.24, 2.45) is 10.6 Å². The molecule has 0 spiro atoms. The summed E-state index contributed by atoms with van der Waals surface area (Å²) >= 11 is 0. The Kier molecular flexibility index (Phi) is 6.93. The van der Waals surface area contributed by atoms with E-state index in [2.05, 4.69) is 5.16 Å². The number of oxime groups is 1. The van der Waals surface area contributed by atoms with Crippen molar-refractivity contribution in [1.82, 2.24) is 4.31 Å². The molecule has 144 valence electrons. The van der Waals surface area contributed by atoms with E-state index >= 15 is 0 Å². The highest BCUT2D eigenvalue weighted by Crippen LogP contribution is 2.22. The first-order valence-corrected chi connectivity index (χ1v) is 10.2. The summed E-state index contributed by atoms with van der Waals surface area (Å²) < 4.78 is 27.7. The van der Waals surface area contributed by atoms with Crippen molar-refractivity contribution >= 4 is 22.3 Å². The van der Waals surface area contributed by atoms with Crippen LogP contribution >= 0.6 is 0 Å². The van der Waals surface area contributed by atoms with Gasteiger partial charge in [0.05, 0.1) is 11.1 Å². The summed E-state index contributed by atoms with van der Waals surface area (Å²) in [4.78, 5) is 0.248. The summed E-state index contributed by atoms with van der Waals surface area (Å²) in [5.41, 5.74) is 1.38. The molecule has 0 unspecified atom stereocenters. The Balaban J connectivity index is 2.30. The molecule has 0 aliphatic heterocycles. The number of aryl methyl sites for hydroxylation is 1. The van der Waals surface area contributed by atoms with Gasteiger partial charge in [-0.3, -0.25) is 0 Å². The Labute approximate surface area is 161 Å². The highest BCUT2D eigenvalue weighted by Gasteiger charge is 2.29. The SMILES string of the molecule is Cc1ccc(S(=O)(=O)N(C/C=C/c2ccccc2)CC(C)(C)C=NO)cc1. The second-order valence-electron chi connectivity index (χ2n) is 7.16. The zero-order valence-corrected chi connectivity index (χ0v) is 16.7. The topological polar surface area (TPSA) is 70.0 Å². The fourth-order valence-corrected chi connectivity index (χ4v) is 4.19. The van der Waals surface area contributed by atoms with Gasteiger partial charge in [0.25, 0.3) is 0 Å². The van der Waals surface area contributed by atoms with Gasteiger partial charge in [-0.05, 0) is 24.6 Å². The van der Waals surface area contributed by atoms with Crippen LogP contribution in [0, 0.1) is 12.3 Å². The summed E-state index contributed by atoms with van der Waals surface area (Å²) in [6.45, 7) is 5.97. The molecule has 0 fully saturated rings. The van der Waals surface area contributed by atoms with E-state index in [4.69, 9.17) is 5.21 Å². The zero-order chi connectivity index (χ0) is 19.9. The first kappa shape index (κ1) is 20.9. The van der Waals surface area contributed by atoms with E-state index in [1.54, 1.807) is 24.3 Å². The first-order chi connectivity index (χ1) is 12.7. The minimum absolute atomic E-state index is 0.187. The molecule has 0 aromatic heterocycles. The molecule has 5 nitrogen and oxygen atoms in total. The molecule has 27 heavy (non-hydrogen) atoms. The standard InChI is InChI=1S/C21H26N2O3S/c1-18-11-13-20(14-12-18)27(25,26)23(17-21(2,3)16-22-24)15-7-10-19-8-5-4-6-9-19/h4-14,16,24H,15,17H2,1-3H3/b10-7+,22-16?. The molecule has 0 atom stereocenters. The Morgan fingerprint density at radius 2 is 1.70 bits per heavy atom. The molecule has 0 radical (unpaired) electrons. The summed E-state index contributed by atoms with van der Waals surface area (Å²) in [7, 11) is -3.68. The van der Waals surface area contributed by atoms with Gasteiger partial charge in [0.15, 0.2) is 0 Å². The number of nitrogens with zero attached hydrogens (tertiary/aromatic N) is 2. The van der Waals surface area contributed by atoms with Crippen molar-refractivity contribution in [3.05, 3.63) is 71.8 Å². The van der Waals surface area contributed by atoms with Crippen LogP contribution in [0.15, 0.2) is 70.7 Å². The summed E-state index contributed by atoms with van der Waals surface area (Å²) in [5, 5.41) is 12.0. The van der Waals surface area contributed by atoms with Gasteiger partial charge in [-0.25, -0.2) is 8.42 Å². The maximum Gasteiger partial charge on any atom is 0.243 e. The number of benzene rings is 2. The van der Waals surface area contributed by atoms with Gasteiger partial charge < -0.3 is 5.21 Å². The second-order valence-corrected chi connectivity index (χ2v) is 9.09. The van der Waals surface area contributed by atoms with Gasteiger partial charge in [0, 0.05) is 18.5 Å². The van der Waals surface area contributed by atoms with E-state index in [1.807, 2.05) is 63.3 Å². The molecule has 1 N–H and O–H groups in total. The average molecular weight is 387 g/mol. The number of hydrogen-bond acceptors (Lipinski definition) is 4. The van der Waals surface area contributed by atoms with Crippen molar-refractivity contribution in [3.63, 3.8) is 0 Å². The summed E-state index contributed by atoms with van der Waals surface area (Å²) in [6.07, 6.45) is 5.07. The average Bonchev–Trinajstić information content (AvgIpc) is 2.62. The summed E-state index contributed by atoms with van der Waals surface area (Å²) in [5.74, 6) is 0. The van der Waals surface area contributed by atoms with Crippen molar-refractivity contribution in [2.45, 2.75) is 25.7 Å². The van der Waals surface area contributed by atoms with E-state index < -0.39 is 15.4 Å². The van der Waals surface area contributed by atoms with Gasteiger partial charge in [-0.2, -0.15) is 4.31 Å². The zero-order valence-electron chi connectivity index (χ0n) is 15.9. The molecular formula is C21H26N2O3S. The van der Waals surface area contributed by atoms with E-state index in [0.717, 1.165) is 11.1 Å². The van der Waals surface area contributed by atoms with Gasteiger partial charge in [0.1, 0.15) is 0 Å². The lowest BCUT2D eigenvalue weighted by Gasteiger charge is -2.28. The highest BCUT2D eigenvalue weighted by molar-refractivity contribution is 7.89. The van der Waals surface area contributed by atoms with Crippen LogP contribution in [-0.4, -0.2) is 37.2 Å². The third kappa shape index (κ3) is 6.05. The van der Waals surface area contributed by atoms with E-state index in [1.165, 1.54) is 10.5 Å². The lowest BCUT2D eigenvalue weighted by atomic mass is 9.95. The number of sulfonamides is 1. The van der Waals surface area contributed by atoms with Crippen LogP contribution < -0.4 is 0 Å². The molecule has 0 aliphatic carbocycles. The van der Waals surface area contributed by atoms with Gasteiger partial charge in [-0.1, -0.05) is 74.0 Å². The van der Waals surface area contributed by atoms with Crippen molar-refractivity contribution in [1.29, 1.82) is 0 Å². The van der Waals surface area contributed by atoms with Crippen molar-refractivity contribution in [2.75, 3.05) is 13.1 Å². The molecule has 0 amide bonds.